The number of piperidine rings is 1. The summed E-state index contributed by atoms with van der Waals surface area (Å²) in [5.74, 6) is 1.41. The standard InChI is InChI=1S/C32H37ClN6O4S/c1-21-5-7-23(8-6-21)44(40,41)39-27(17-24-26(33)9-12-35-31(24)39)25-20-38(14-4-13-37-15-10-22(19-34)11-16-37)28-18-29(42-2)32(43-3)36-30(25)28/h5-9,12,17-18,20,22H,4,10-11,13-16,19,34H2,1-3H3. The summed E-state index contributed by atoms with van der Waals surface area (Å²) in [6, 6.07) is 12.1. The Balaban J connectivity index is 1.48. The van der Waals surface area contributed by atoms with E-state index >= 15 is 0 Å². The highest BCUT2D eigenvalue weighted by molar-refractivity contribution is 7.90. The van der Waals surface area contributed by atoms with Crippen molar-refractivity contribution in [2.24, 2.45) is 11.7 Å². The molecule has 5 heterocycles. The molecule has 0 radical (unpaired) electrons. The molecule has 4 aromatic heterocycles. The zero-order valence-electron chi connectivity index (χ0n) is 25.2. The molecule has 0 spiro atoms. The predicted octanol–water partition coefficient (Wildman–Crippen LogP) is 5.33. The van der Waals surface area contributed by atoms with Gasteiger partial charge in [-0.2, -0.15) is 0 Å². The average Bonchev–Trinajstić information content (AvgIpc) is 3.60. The van der Waals surface area contributed by atoms with Gasteiger partial charge in [-0.05, 0) is 82.5 Å². The first-order valence-corrected chi connectivity index (χ1v) is 16.6. The monoisotopic (exact) mass is 636 g/mol. The summed E-state index contributed by atoms with van der Waals surface area (Å²) in [4.78, 5) is 11.9. The van der Waals surface area contributed by atoms with Gasteiger partial charge >= 0.3 is 0 Å². The van der Waals surface area contributed by atoms with Crippen molar-refractivity contribution in [3.8, 4) is 22.9 Å². The van der Waals surface area contributed by atoms with Crippen LogP contribution in [0, 0.1) is 12.8 Å². The second-order valence-electron chi connectivity index (χ2n) is 11.3. The van der Waals surface area contributed by atoms with E-state index in [2.05, 4.69) is 14.5 Å². The molecule has 10 nitrogen and oxygen atoms in total. The van der Waals surface area contributed by atoms with Gasteiger partial charge in [0.1, 0.15) is 5.52 Å². The van der Waals surface area contributed by atoms with E-state index in [1.807, 2.05) is 19.2 Å². The quantitative estimate of drug-likeness (QED) is 0.219. The largest absolute Gasteiger partial charge is 0.491 e. The molecule has 1 saturated heterocycles. The fourth-order valence-corrected chi connectivity index (χ4v) is 7.71. The van der Waals surface area contributed by atoms with Gasteiger partial charge in [-0.3, -0.25) is 0 Å². The SMILES string of the molecule is COc1cc2c(nc1OC)c(-c1cc3c(Cl)ccnc3n1S(=O)(=O)c1ccc(C)cc1)cn2CCCN1CCC(CN)CC1. The van der Waals surface area contributed by atoms with Crippen LogP contribution in [0.3, 0.4) is 0 Å². The van der Waals surface area contributed by atoms with Crippen molar-refractivity contribution in [1.29, 1.82) is 0 Å². The zero-order chi connectivity index (χ0) is 31.0. The summed E-state index contributed by atoms with van der Waals surface area (Å²) in [5, 5.41) is 0.936. The third-order valence-corrected chi connectivity index (χ3v) is 10.6. The summed E-state index contributed by atoms with van der Waals surface area (Å²) < 4.78 is 43.1. The molecule has 1 aromatic carbocycles. The van der Waals surface area contributed by atoms with Crippen molar-refractivity contribution in [3.05, 3.63) is 65.4 Å². The number of hydrogen-bond acceptors (Lipinski definition) is 8. The molecule has 44 heavy (non-hydrogen) atoms. The highest BCUT2D eigenvalue weighted by Gasteiger charge is 2.28. The topological polar surface area (TPSA) is 118 Å². The number of halogens is 1. The Kier molecular flexibility index (Phi) is 8.56. The predicted molar refractivity (Wildman–Crippen MR) is 173 cm³/mol. The first-order chi connectivity index (χ1) is 21.2. The van der Waals surface area contributed by atoms with Crippen LogP contribution in [0.25, 0.3) is 33.3 Å². The minimum absolute atomic E-state index is 0.151. The van der Waals surface area contributed by atoms with E-state index in [-0.39, 0.29) is 10.5 Å². The van der Waals surface area contributed by atoms with Crippen molar-refractivity contribution < 1.29 is 17.9 Å². The maximum atomic E-state index is 14.3. The Morgan fingerprint density at radius 1 is 1.05 bits per heavy atom. The molecule has 0 unspecified atom stereocenters. The van der Waals surface area contributed by atoms with Gasteiger partial charge in [0.2, 0.25) is 0 Å². The van der Waals surface area contributed by atoms with E-state index in [9.17, 15) is 8.42 Å². The molecular formula is C32H37ClN6O4S. The van der Waals surface area contributed by atoms with E-state index in [0.29, 0.717) is 51.3 Å². The lowest BCUT2D eigenvalue weighted by molar-refractivity contribution is 0.183. The van der Waals surface area contributed by atoms with Gasteiger partial charge in [0, 0.05) is 36.0 Å². The van der Waals surface area contributed by atoms with E-state index in [1.54, 1.807) is 43.5 Å². The zero-order valence-corrected chi connectivity index (χ0v) is 26.7. The van der Waals surface area contributed by atoms with Gasteiger partial charge in [-0.1, -0.05) is 29.3 Å². The summed E-state index contributed by atoms with van der Waals surface area (Å²) in [5.41, 5.74) is 9.52. The molecule has 0 bridgehead atoms. The Bertz CT molecular complexity index is 1910. The van der Waals surface area contributed by atoms with Gasteiger partial charge in [-0.15, -0.1) is 0 Å². The number of nitrogens with zero attached hydrogens (tertiary/aromatic N) is 5. The average molecular weight is 637 g/mol. The highest BCUT2D eigenvalue weighted by atomic mass is 35.5. The van der Waals surface area contributed by atoms with Crippen molar-refractivity contribution in [3.63, 3.8) is 0 Å². The molecule has 5 aromatic rings. The second kappa shape index (κ2) is 12.4. The number of ether oxygens (including phenoxy) is 2. The number of methoxy groups -OCH3 is 2. The molecule has 0 atom stereocenters. The van der Waals surface area contributed by atoms with Gasteiger partial charge in [0.25, 0.3) is 15.9 Å². The smallest absolute Gasteiger partial charge is 0.269 e. The van der Waals surface area contributed by atoms with Crippen LogP contribution in [0.4, 0.5) is 0 Å². The first kappa shape index (κ1) is 30.4. The van der Waals surface area contributed by atoms with Crippen LogP contribution in [0.5, 0.6) is 11.6 Å². The Morgan fingerprint density at radius 2 is 1.80 bits per heavy atom. The van der Waals surface area contributed by atoms with Crippen molar-refractivity contribution in [1.82, 2.24) is 23.4 Å². The number of aromatic nitrogens is 4. The van der Waals surface area contributed by atoms with E-state index < -0.39 is 10.0 Å². The molecule has 12 heteroatoms. The fraction of sp³-hybridized carbons (Fsp3) is 0.375. The Morgan fingerprint density at radius 3 is 2.48 bits per heavy atom. The van der Waals surface area contributed by atoms with Gasteiger partial charge < -0.3 is 24.7 Å². The number of aryl methyl sites for hydroxylation is 2. The summed E-state index contributed by atoms with van der Waals surface area (Å²) in [6.07, 6.45) is 6.64. The summed E-state index contributed by atoms with van der Waals surface area (Å²) in [6.45, 7) is 6.43. The summed E-state index contributed by atoms with van der Waals surface area (Å²) >= 11 is 6.60. The Hall–Kier alpha value is -3.64. The molecular weight excluding hydrogens is 600 g/mol. The normalized spacial score (nSPS) is 14.9. The minimum atomic E-state index is -4.07. The number of fused-ring (bicyclic) bond motifs is 2. The first-order valence-electron chi connectivity index (χ1n) is 14.8. The molecule has 1 aliphatic heterocycles. The lowest BCUT2D eigenvalue weighted by Crippen LogP contribution is -2.36. The number of hydrogen-bond donors (Lipinski definition) is 1. The maximum Gasteiger partial charge on any atom is 0.269 e. The Labute approximate surface area is 262 Å². The molecule has 232 valence electrons. The van der Waals surface area contributed by atoms with Gasteiger partial charge in [0.05, 0.1) is 35.3 Å². The second-order valence-corrected chi connectivity index (χ2v) is 13.5. The number of benzene rings is 1. The van der Waals surface area contributed by atoms with Crippen LogP contribution in [0.15, 0.2) is 59.8 Å². The number of nitrogens with two attached hydrogens (primary N) is 1. The highest BCUT2D eigenvalue weighted by Crippen LogP contribution is 2.40. The molecule has 6 rings (SSSR count). The van der Waals surface area contributed by atoms with Crippen LogP contribution in [-0.2, 0) is 16.6 Å². The van der Waals surface area contributed by atoms with Gasteiger partial charge in [0.15, 0.2) is 11.4 Å². The van der Waals surface area contributed by atoms with Crippen molar-refractivity contribution in [2.75, 3.05) is 40.4 Å². The van der Waals surface area contributed by atoms with Crippen LogP contribution < -0.4 is 15.2 Å². The van der Waals surface area contributed by atoms with Crippen LogP contribution in [0.2, 0.25) is 5.02 Å². The lowest BCUT2D eigenvalue weighted by Gasteiger charge is -2.31. The fourth-order valence-electron chi connectivity index (χ4n) is 6.04. The number of rotatable bonds is 10. The number of pyridine rings is 2. The van der Waals surface area contributed by atoms with E-state index in [1.165, 1.54) is 17.3 Å². The maximum absolute atomic E-state index is 14.3. The third kappa shape index (κ3) is 5.53. The molecule has 1 fully saturated rings. The molecule has 2 N–H and O–H groups in total. The molecule has 0 amide bonds. The van der Waals surface area contributed by atoms with Crippen molar-refractivity contribution >= 4 is 43.7 Å². The third-order valence-electron chi connectivity index (χ3n) is 8.55. The van der Waals surface area contributed by atoms with E-state index in [0.717, 1.165) is 56.5 Å². The van der Waals surface area contributed by atoms with Crippen LogP contribution >= 0.6 is 11.6 Å². The lowest BCUT2D eigenvalue weighted by atomic mass is 9.97. The van der Waals surface area contributed by atoms with Crippen LogP contribution in [-0.4, -0.2) is 72.2 Å². The minimum Gasteiger partial charge on any atom is -0.491 e. The van der Waals surface area contributed by atoms with Crippen molar-refractivity contribution in [2.45, 2.75) is 37.6 Å². The van der Waals surface area contributed by atoms with Gasteiger partial charge in [-0.25, -0.2) is 22.4 Å². The van der Waals surface area contributed by atoms with E-state index in [4.69, 9.17) is 31.8 Å². The molecule has 1 aliphatic rings. The number of likely N-dealkylation sites (tertiary alicyclic amines) is 1. The molecule has 0 aliphatic carbocycles. The van der Waals surface area contributed by atoms with Crippen LogP contribution in [0.1, 0.15) is 24.8 Å². The molecule has 0 saturated carbocycles. The summed E-state index contributed by atoms with van der Waals surface area (Å²) in [7, 11) is -0.969.